The molecule has 3 nitrogen and oxygen atoms in total. The highest BCUT2D eigenvalue weighted by Crippen LogP contribution is 2.21. The quantitative estimate of drug-likeness (QED) is 0.533. The number of halogens is 2. The molecule has 1 amide bonds. The maximum absolute atomic E-state index is 11.1. The Balaban J connectivity index is 3.83. The summed E-state index contributed by atoms with van der Waals surface area (Å²) in [5.41, 5.74) is 0. The molecule has 5 heteroatoms. The van der Waals surface area contributed by atoms with Crippen LogP contribution in [0.2, 0.25) is 0 Å². The van der Waals surface area contributed by atoms with Crippen LogP contribution in [0.4, 0.5) is 4.79 Å². The van der Waals surface area contributed by atoms with Gasteiger partial charge < -0.3 is 4.74 Å². The lowest BCUT2D eigenvalue weighted by Gasteiger charge is -2.14. The number of carbonyl (C=O) groups excluding carboxylic acids is 1. The fraction of sp³-hybridized carbons (Fsp3) is 0.875. The van der Waals surface area contributed by atoms with E-state index in [1.165, 1.54) is 0 Å². The first-order chi connectivity index (χ1) is 6.04. The Bertz CT molecular complexity index is 162. The molecule has 0 aliphatic heterocycles. The Labute approximate surface area is 89.4 Å². The first-order valence-corrected chi connectivity index (χ1v) is 5.17. The van der Waals surface area contributed by atoms with Crippen molar-refractivity contribution < 1.29 is 13.1 Å². The summed E-state index contributed by atoms with van der Waals surface area (Å²) in [6, 6.07) is 0. The fourth-order valence-corrected chi connectivity index (χ4v) is 1.21. The van der Waals surface area contributed by atoms with Gasteiger partial charge in [0.1, 0.15) is 6.54 Å². The van der Waals surface area contributed by atoms with Crippen molar-refractivity contribution in [2.45, 2.75) is 33.1 Å². The lowest BCUT2D eigenvalue weighted by Crippen LogP contribution is -2.36. The van der Waals surface area contributed by atoms with Gasteiger partial charge in [-0.05, 0) is 16.9 Å². The molecule has 0 aromatic rings. The van der Waals surface area contributed by atoms with Crippen LogP contribution < -0.4 is 0 Å². The van der Waals surface area contributed by atoms with E-state index in [1.54, 1.807) is 6.92 Å². The molecule has 0 aliphatic rings. The minimum atomic E-state index is -0.714. The van der Waals surface area contributed by atoms with E-state index in [0.29, 0.717) is 13.2 Å². The Hall–Kier alpha value is 0.01000. The zero-order valence-electron chi connectivity index (χ0n) is 8.06. The van der Waals surface area contributed by atoms with E-state index in [0.717, 1.165) is 19.3 Å². The van der Waals surface area contributed by atoms with Gasteiger partial charge in [-0.1, -0.05) is 13.3 Å². The molecule has 0 radical (unpaired) electrons. The molecule has 13 heavy (non-hydrogen) atoms. The molecule has 0 saturated carbocycles. The van der Waals surface area contributed by atoms with Crippen LogP contribution in [0, 0.1) is 0 Å². The van der Waals surface area contributed by atoms with Crippen LogP contribution in [0.3, 0.4) is 0 Å². The zero-order valence-corrected chi connectivity index (χ0v) is 9.57. The number of unbranched alkanes of at least 4 members (excludes halogenated alkanes) is 2. The van der Waals surface area contributed by atoms with Crippen molar-refractivity contribution >= 4 is 29.6 Å². The van der Waals surface area contributed by atoms with Gasteiger partial charge in [0.05, 0.1) is 6.61 Å². The van der Waals surface area contributed by atoms with E-state index in [4.69, 9.17) is 28.3 Å². The lowest BCUT2D eigenvalue weighted by molar-refractivity contribution is -0.610. The van der Waals surface area contributed by atoms with Crippen LogP contribution in [0.15, 0.2) is 0 Å². The topological polar surface area (TPSA) is 26.3 Å². The predicted molar refractivity (Wildman–Crippen MR) is 53.4 cm³/mol. The third-order valence-electron chi connectivity index (χ3n) is 1.58. The minimum Gasteiger partial charge on any atom is -0.418 e. The standard InChI is InChI=1S/C8H16Cl2NO2/c1-3-5-6-7-11(9,10)8(12)13-4-2/h3-7H2,1-2H3/q+1. The highest BCUT2D eigenvalue weighted by atomic mass is 35.5. The van der Waals surface area contributed by atoms with Crippen molar-refractivity contribution in [3.63, 3.8) is 0 Å². The number of ether oxygens (including phenoxy) is 1. The van der Waals surface area contributed by atoms with Crippen molar-refractivity contribution in [1.29, 1.82) is 0 Å². The number of nitrogens with zero attached hydrogens (tertiary/aromatic N) is 1. The first kappa shape index (κ1) is 13.0. The second-order valence-corrected chi connectivity index (χ2v) is 4.09. The summed E-state index contributed by atoms with van der Waals surface area (Å²) < 4.78 is 3.99. The van der Waals surface area contributed by atoms with E-state index in [1.807, 2.05) is 0 Å². The van der Waals surface area contributed by atoms with Crippen LogP contribution in [-0.2, 0) is 4.74 Å². The van der Waals surface area contributed by atoms with Gasteiger partial charge in [0.2, 0.25) is 0 Å². The number of quaternary nitrogens is 1. The molecule has 78 valence electrons. The van der Waals surface area contributed by atoms with Crippen LogP contribution in [0.25, 0.3) is 0 Å². The second-order valence-electron chi connectivity index (χ2n) is 2.76. The Morgan fingerprint density at radius 3 is 2.38 bits per heavy atom. The Kier molecular flexibility index (Phi) is 6.47. The second kappa shape index (κ2) is 6.46. The maximum Gasteiger partial charge on any atom is 0.553 e. The molecular formula is C8H16Cl2NO2+. The Morgan fingerprint density at radius 2 is 1.92 bits per heavy atom. The molecule has 0 fully saturated rings. The summed E-state index contributed by atoms with van der Waals surface area (Å²) in [6.07, 6.45) is 2.31. The van der Waals surface area contributed by atoms with Gasteiger partial charge >= 0.3 is 6.09 Å². The summed E-state index contributed by atoms with van der Waals surface area (Å²) in [5, 5.41) is 0. The molecule has 0 aliphatic carbocycles. The summed E-state index contributed by atoms with van der Waals surface area (Å²) in [6.45, 7) is 4.49. The number of amides is 1. The number of rotatable bonds is 5. The van der Waals surface area contributed by atoms with Gasteiger partial charge in [0.25, 0.3) is 0 Å². The largest absolute Gasteiger partial charge is 0.553 e. The van der Waals surface area contributed by atoms with Gasteiger partial charge in [-0.15, -0.1) is 0 Å². The number of hydrogen-bond donors (Lipinski definition) is 0. The summed E-state index contributed by atoms with van der Waals surface area (Å²) in [5.74, 6) is 0. The van der Waals surface area contributed by atoms with Crippen LogP contribution in [0.5, 0.6) is 0 Å². The van der Waals surface area contributed by atoms with Crippen molar-refractivity contribution in [3.05, 3.63) is 0 Å². The smallest absolute Gasteiger partial charge is 0.418 e. The molecule has 0 aromatic carbocycles. The third-order valence-corrected chi connectivity index (χ3v) is 2.19. The fourth-order valence-electron chi connectivity index (χ4n) is 0.870. The van der Waals surface area contributed by atoms with E-state index in [2.05, 4.69) is 6.92 Å². The van der Waals surface area contributed by atoms with E-state index < -0.39 is 9.61 Å². The van der Waals surface area contributed by atoms with Gasteiger partial charge in [0.15, 0.2) is 23.6 Å². The van der Waals surface area contributed by atoms with E-state index in [-0.39, 0.29) is 0 Å². The van der Waals surface area contributed by atoms with Crippen molar-refractivity contribution in [3.8, 4) is 0 Å². The summed E-state index contributed by atoms with van der Waals surface area (Å²) >= 11 is 11.5. The van der Waals surface area contributed by atoms with Crippen molar-refractivity contribution in [2.24, 2.45) is 0 Å². The molecule has 0 saturated heterocycles. The Morgan fingerprint density at radius 1 is 1.31 bits per heavy atom. The molecular weight excluding hydrogens is 213 g/mol. The predicted octanol–water partition coefficient (Wildman–Crippen LogP) is 3.46. The normalized spacial score (nSPS) is 11.4. The highest BCUT2D eigenvalue weighted by Gasteiger charge is 2.36. The average molecular weight is 229 g/mol. The van der Waals surface area contributed by atoms with Crippen LogP contribution >= 0.6 is 23.6 Å². The maximum atomic E-state index is 11.1. The van der Waals surface area contributed by atoms with Crippen LogP contribution in [-0.4, -0.2) is 22.8 Å². The molecule has 0 bridgehead atoms. The van der Waals surface area contributed by atoms with Crippen molar-refractivity contribution in [1.82, 2.24) is 0 Å². The van der Waals surface area contributed by atoms with Gasteiger partial charge in [-0.25, -0.2) is 0 Å². The van der Waals surface area contributed by atoms with E-state index in [9.17, 15) is 4.79 Å². The molecule has 0 N–H and O–H groups in total. The molecule has 0 rings (SSSR count). The SMILES string of the molecule is CCCCC[N+](Cl)(Cl)C(=O)OCC. The highest BCUT2D eigenvalue weighted by molar-refractivity contribution is 6.28. The third kappa shape index (κ3) is 5.34. The van der Waals surface area contributed by atoms with E-state index >= 15 is 0 Å². The number of hydrogen-bond acceptors (Lipinski definition) is 2. The number of carbonyl (C=O) groups is 1. The first-order valence-electron chi connectivity index (χ1n) is 4.49. The van der Waals surface area contributed by atoms with Crippen LogP contribution in [0.1, 0.15) is 33.1 Å². The zero-order chi connectivity index (χ0) is 10.3. The molecule has 0 spiro atoms. The molecule has 0 unspecified atom stereocenters. The average Bonchev–Trinajstić information content (AvgIpc) is 2.05. The molecule has 0 atom stereocenters. The summed E-state index contributed by atoms with van der Waals surface area (Å²) in [7, 11) is 0. The van der Waals surface area contributed by atoms with Gasteiger partial charge in [-0.3, -0.25) is 0 Å². The van der Waals surface area contributed by atoms with Crippen molar-refractivity contribution in [2.75, 3.05) is 13.2 Å². The van der Waals surface area contributed by atoms with Gasteiger partial charge in [0, 0.05) is 6.42 Å². The molecule has 0 heterocycles. The van der Waals surface area contributed by atoms with Gasteiger partial charge in [-0.2, -0.15) is 4.79 Å². The molecule has 0 aromatic heterocycles. The summed E-state index contributed by atoms with van der Waals surface area (Å²) in [4.78, 5) is 11.1. The minimum absolute atomic E-state index is 0.298. The monoisotopic (exact) mass is 228 g/mol. The lowest BCUT2D eigenvalue weighted by atomic mass is 10.2.